The lowest BCUT2D eigenvalue weighted by atomic mass is 10.0. The number of unbranched alkanes of at least 4 members (excludes halogenated alkanes) is 40. The van der Waals surface area contributed by atoms with Crippen molar-refractivity contribution < 1.29 is 28.6 Å². The van der Waals surface area contributed by atoms with Crippen LogP contribution in [0.3, 0.4) is 0 Å². The predicted octanol–water partition coefficient (Wildman–Crippen LogP) is 21.8. The molecule has 1 atom stereocenters. The van der Waals surface area contributed by atoms with Gasteiger partial charge in [-0.2, -0.15) is 0 Å². The number of ether oxygens (including phenoxy) is 3. The van der Waals surface area contributed by atoms with Crippen LogP contribution in [-0.2, 0) is 28.6 Å². The Hall–Kier alpha value is -2.63. The molecule has 1 unspecified atom stereocenters. The molecule has 0 aromatic carbocycles. The summed E-state index contributed by atoms with van der Waals surface area (Å²) in [5.41, 5.74) is 0. The van der Waals surface area contributed by atoms with Crippen LogP contribution in [0.5, 0.6) is 0 Å². The fourth-order valence-electron chi connectivity index (χ4n) is 9.51. The molecule has 0 aliphatic heterocycles. The first-order valence-corrected chi connectivity index (χ1v) is 32.1. The molecule has 0 aliphatic rings. The minimum atomic E-state index is -0.785. The van der Waals surface area contributed by atoms with E-state index in [0.717, 1.165) is 83.5 Å². The van der Waals surface area contributed by atoms with Gasteiger partial charge in [-0.05, 0) is 77.0 Å². The van der Waals surface area contributed by atoms with Crippen molar-refractivity contribution in [2.45, 2.75) is 348 Å². The van der Waals surface area contributed by atoms with Gasteiger partial charge in [-0.1, -0.05) is 294 Å². The lowest BCUT2D eigenvalue weighted by molar-refractivity contribution is -0.167. The minimum absolute atomic E-state index is 0.0797. The van der Waals surface area contributed by atoms with Crippen molar-refractivity contribution in [3.8, 4) is 0 Å². The molecule has 0 rings (SSSR count). The van der Waals surface area contributed by atoms with E-state index in [1.807, 2.05) is 0 Å². The molecule has 0 aromatic rings. The van der Waals surface area contributed by atoms with Crippen LogP contribution >= 0.6 is 0 Å². The average molecular weight is 1020 g/mol. The van der Waals surface area contributed by atoms with Gasteiger partial charge in [0.1, 0.15) is 13.2 Å². The smallest absolute Gasteiger partial charge is 0.306 e. The summed E-state index contributed by atoms with van der Waals surface area (Å²) in [7, 11) is 0. The van der Waals surface area contributed by atoms with Crippen LogP contribution in [0, 0.1) is 0 Å². The lowest BCUT2D eigenvalue weighted by Crippen LogP contribution is -2.30. The fraction of sp³-hybridized carbons (Fsp3) is 0.836. The first-order chi connectivity index (χ1) is 36.0. The normalized spacial score (nSPS) is 12.3. The Morgan fingerprint density at radius 1 is 0.288 bits per heavy atom. The molecule has 73 heavy (non-hydrogen) atoms. The molecular weight excluding hydrogens is 901 g/mol. The molecule has 0 aromatic heterocycles. The second-order valence-corrected chi connectivity index (χ2v) is 21.6. The predicted molar refractivity (Wildman–Crippen MR) is 316 cm³/mol. The molecule has 0 saturated heterocycles. The van der Waals surface area contributed by atoms with Gasteiger partial charge in [0.05, 0.1) is 0 Å². The number of rotatable bonds is 59. The molecule has 0 spiro atoms. The number of allylic oxidation sites excluding steroid dienone is 8. The number of esters is 3. The highest BCUT2D eigenvalue weighted by Crippen LogP contribution is 2.18. The van der Waals surface area contributed by atoms with Crippen LogP contribution in [0.25, 0.3) is 0 Å². The molecule has 0 heterocycles. The van der Waals surface area contributed by atoms with Crippen molar-refractivity contribution in [2.24, 2.45) is 0 Å². The Morgan fingerprint density at radius 3 is 0.863 bits per heavy atom. The average Bonchev–Trinajstić information content (AvgIpc) is 3.39. The van der Waals surface area contributed by atoms with Gasteiger partial charge < -0.3 is 14.2 Å². The van der Waals surface area contributed by atoms with E-state index in [1.54, 1.807) is 0 Å². The summed E-state index contributed by atoms with van der Waals surface area (Å²) in [6.45, 7) is 6.55. The van der Waals surface area contributed by atoms with Gasteiger partial charge in [-0.25, -0.2) is 0 Å². The van der Waals surface area contributed by atoms with Crippen LogP contribution < -0.4 is 0 Å². The van der Waals surface area contributed by atoms with Crippen molar-refractivity contribution in [3.05, 3.63) is 48.6 Å². The quantitative estimate of drug-likeness (QED) is 0.0261. The maximum Gasteiger partial charge on any atom is 0.306 e. The third-order valence-corrected chi connectivity index (χ3v) is 14.3. The van der Waals surface area contributed by atoms with E-state index in [9.17, 15) is 14.4 Å². The largest absolute Gasteiger partial charge is 0.462 e. The number of carbonyl (C=O) groups excluding carboxylic acids is 3. The Bertz CT molecular complexity index is 1270. The minimum Gasteiger partial charge on any atom is -0.462 e. The maximum atomic E-state index is 12.9. The summed E-state index contributed by atoms with van der Waals surface area (Å²) in [5, 5.41) is 0. The molecule has 0 radical (unpaired) electrons. The first kappa shape index (κ1) is 70.4. The number of hydrogen-bond donors (Lipinski definition) is 0. The summed E-state index contributed by atoms with van der Waals surface area (Å²) in [5.74, 6) is -0.892. The van der Waals surface area contributed by atoms with Gasteiger partial charge in [0.2, 0.25) is 0 Å². The molecule has 0 saturated carbocycles. The summed E-state index contributed by atoms with van der Waals surface area (Å²) >= 11 is 0. The van der Waals surface area contributed by atoms with Crippen LogP contribution in [-0.4, -0.2) is 37.2 Å². The topological polar surface area (TPSA) is 78.9 Å². The summed E-state index contributed by atoms with van der Waals surface area (Å²) < 4.78 is 16.9. The van der Waals surface area contributed by atoms with Crippen molar-refractivity contribution in [2.75, 3.05) is 13.2 Å². The third kappa shape index (κ3) is 60.1. The molecule has 0 N–H and O–H groups in total. The van der Waals surface area contributed by atoms with Crippen LogP contribution in [0.15, 0.2) is 48.6 Å². The van der Waals surface area contributed by atoms with Gasteiger partial charge in [-0.3, -0.25) is 14.4 Å². The SMILES string of the molecule is CC/C=C\C/C=C\C/C=C\CCCCCC(=O)OCC(COC(=O)CCCCCCCCCCCCCCCCCCCCCCCCC)OC(=O)CCCCCCCCCCC/C=C\CCCCCCCC. The van der Waals surface area contributed by atoms with E-state index in [-0.39, 0.29) is 31.1 Å². The van der Waals surface area contributed by atoms with Crippen LogP contribution in [0.4, 0.5) is 0 Å². The summed E-state index contributed by atoms with van der Waals surface area (Å²) in [4.78, 5) is 38.3. The highest BCUT2D eigenvalue weighted by atomic mass is 16.6. The maximum absolute atomic E-state index is 12.9. The Balaban J connectivity index is 4.28. The van der Waals surface area contributed by atoms with Crippen LogP contribution in [0.2, 0.25) is 0 Å². The molecule has 426 valence electrons. The second kappa shape index (κ2) is 61.9. The van der Waals surface area contributed by atoms with Crippen molar-refractivity contribution in [1.29, 1.82) is 0 Å². The fourth-order valence-corrected chi connectivity index (χ4v) is 9.51. The van der Waals surface area contributed by atoms with Crippen LogP contribution in [0.1, 0.15) is 342 Å². The van der Waals surface area contributed by atoms with Gasteiger partial charge in [-0.15, -0.1) is 0 Å². The van der Waals surface area contributed by atoms with E-state index in [0.29, 0.717) is 19.3 Å². The zero-order valence-electron chi connectivity index (χ0n) is 48.9. The highest BCUT2D eigenvalue weighted by Gasteiger charge is 2.19. The highest BCUT2D eigenvalue weighted by molar-refractivity contribution is 5.71. The van der Waals surface area contributed by atoms with E-state index >= 15 is 0 Å². The van der Waals surface area contributed by atoms with E-state index < -0.39 is 6.10 Å². The summed E-state index contributed by atoms with van der Waals surface area (Å²) in [6.07, 6.45) is 77.0. The van der Waals surface area contributed by atoms with Gasteiger partial charge in [0.15, 0.2) is 6.10 Å². The van der Waals surface area contributed by atoms with Gasteiger partial charge in [0.25, 0.3) is 0 Å². The molecule has 0 amide bonds. The van der Waals surface area contributed by atoms with Crippen molar-refractivity contribution in [1.82, 2.24) is 0 Å². The van der Waals surface area contributed by atoms with E-state index in [4.69, 9.17) is 14.2 Å². The molecule has 0 fully saturated rings. The molecule has 0 aliphatic carbocycles. The molecule has 6 nitrogen and oxygen atoms in total. The molecule has 0 bridgehead atoms. The number of carbonyl (C=O) groups is 3. The van der Waals surface area contributed by atoms with Gasteiger partial charge in [0, 0.05) is 19.3 Å². The Labute approximate surface area is 454 Å². The lowest BCUT2D eigenvalue weighted by Gasteiger charge is -2.18. The van der Waals surface area contributed by atoms with E-state index in [1.165, 1.54) is 218 Å². The Kier molecular flexibility index (Phi) is 59.7. The van der Waals surface area contributed by atoms with Gasteiger partial charge >= 0.3 is 17.9 Å². The first-order valence-electron chi connectivity index (χ1n) is 32.1. The zero-order valence-corrected chi connectivity index (χ0v) is 48.9. The van der Waals surface area contributed by atoms with E-state index in [2.05, 4.69) is 69.4 Å². The second-order valence-electron chi connectivity index (χ2n) is 21.6. The standard InChI is InChI=1S/C67H122O6/c1-4-7-10-13-16-19-22-25-27-29-31-32-33-34-36-37-39-42-45-48-51-54-57-60-66(69)72-63-64(62-71-65(68)59-56-53-50-47-44-41-24-21-18-15-12-9-6-3)73-67(70)61-58-55-52-49-46-43-40-38-35-30-28-26-23-20-17-14-11-8-5-2/h9,12,18,21,26,28,41,44,64H,4-8,10-11,13-17,19-20,22-25,27,29-40,42-43,45-63H2,1-3H3/b12-9-,21-18-,28-26-,44-41-. The molecular formula is C67H122O6. The Morgan fingerprint density at radius 2 is 0.534 bits per heavy atom. The zero-order chi connectivity index (χ0) is 52.9. The molecule has 6 heteroatoms. The number of hydrogen-bond acceptors (Lipinski definition) is 6. The third-order valence-electron chi connectivity index (χ3n) is 14.3. The summed E-state index contributed by atoms with van der Waals surface area (Å²) in [6, 6.07) is 0. The van der Waals surface area contributed by atoms with Crippen molar-refractivity contribution >= 4 is 17.9 Å². The van der Waals surface area contributed by atoms with Crippen molar-refractivity contribution in [3.63, 3.8) is 0 Å². The monoisotopic (exact) mass is 1020 g/mol.